The minimum absolute atomic E-state index is 0.324. The number of rotatable bonds is 16. The van der Waals surface area contributed by atoms with E-state index in [0.717, 1.165) is 57.8 Å². The van der Waals surface area contributed by atoms with Gasteiger partial charge in [0.05, 0.1) is 0 Å². The highest BCUT2D eigenvalue weighted by Gasteiger charge is 2.21. The molecule has 160 valence electrons. The van der Waals surface area contributed by atoms with Crippen molar-refractivity contribution in [1.82, 2.24) is 0 Å². The van der Waals surface area contributed by atoms with Crippen LogP contribution in [0.3, 0.4) is 0 Å². The Bertz CT molecular complexity index is 379. The zero-order valence-corrected chi connectivity index (χ0v) is 18.2. The number of carbonyl (C=O) groups excluding carboxylic acids is 2. The Labute approximate surface area is 165 Å². The average molecular weight is 389 g/mol. The van der Waals surface area contributed by atoms with Gasteiger partial charge >= 0.3 is 11.9 Å². The molecular weight excluding hydrogens is 348 g/mol. The molecule has 0 heterocycles. The van der Waals surface area contributed by atoms with Crippen LogP contribution in [0, 0.1) is 0 Å². The second-order valence-corrected chi connectivity index (χ2v) is 8.36. The van der Waals surface area contributed by atoms with Gasteiger partial charge in [0.2, 0.25) is 0 Å². The normalized spacial score (nSPS) is 12.1. The minimum atomic E-state index is -0.436. The fraction of sp³-hybridized carbons (Fsp3) is 0.905. The summed E-state index contributed by atoms with van der Waals surface area (Å²) >= 11 is 0. The first-order chi connectivity index (χ1) is 12.6. The predicted molar refractivity (Wildman–Crippen MR) is 105 cm³/mol. The molecule has 0 N–H and O–H groups in total. The standard InChI is InChI=1S/C21H40O6/c1-7-16-20(3,4)26-24-18(22)14-12-10-9-11-13-15-19(23)25-27-21(5,6)17-8-2/h7-17H2,1-6H3. The zero-order valence-electron chi connectivity index (χ0n) is 18.2. The van der Waals surface area contributed by atoms with E-state index in [0.29, 0.717) is 12.8 Å². The molecule has 0 amide bonds. The van der Waals surface area contributed by atoms with Crippen molar-refractivity contribution in [3.8, 4) is 0 Å². The van der Waals surface area contributed by atoms with Crippen LogP contribution in [0.4, 0.5) is 0 Å². The summed E-state index contributed by atoms with van der Waals surface area (Å²) in [5.74, 6) is -0.649. The Kier molecular flexibility index (Phi) is 13.4. The third kappa shape index (κ3) is 15.6. The molecule has 0 aromatic carbocycles. The van der Waals surface area contributed by atoms with Crippen molar-refractivity contribution in [2.24, 2.45) is 0 Å². The van der Waals surface area contributed by atoms with Gasteiger partial charge in [0.15, 0.2) is 0 Å². The first-order valence-electron chi connectivity index (χ1n) is 10.4. The van der Waals surface area contributed by atoms with Gasteiger partial charge in [-0.25, -0.2) is 9.59 Å². The maximum Gasteiger partial charge on any atom is 0.342 e. The third-order valence-electron chi connectivity index (χ3n) is 4.19. The molecule has 0 saturated carbocycles. The van der Waals surface area contributed by atoms with Crippen LogP contribution in [-0.4, -0.2) is 23.1 Å². The van der Waals surface area contributed by atoms with E-state index < -0.39 is 11.2 Å². The SMILES string of the molecule is CCCC(C)(C)OOC(=O)CCCCCCCC(=O)OOC(C)(C)CCC. The van der Waals surface area contributed by atoms with Crippen molar-refractivity contribution in [3.63, 3.8) is 0 Å². The fourth-order valence-corrected chi connectivity index (χ4v) is 2.76. The minimum Gasteiger partial charge on any atom is -0.298 e. The molecular formula is C21H40O6. The van der Waals surface area contributed by atoms with Crippen LogP contribution >= 0.6 is 0 Å². The van der Waals surface area contributed by atoms with Crippen molar-refractivity contribution in [1.29, 1.82) is 0 Å². The van der Waals surface area contributed by atoms with Crippen molar-refractivity contribution in [2.45, 2.75) is 123 Å². The van der Waals surface area contributed by atoms with Crippen LogP contribution < -0.4 is 0 Å². The second kappa shape index (κ2) is 13.9. The Balaban J connectivity index is 3.61. The summed E-state index contributed by atoms with van der Waals surface area (Å²) in [7, 11) is 0. The van der Waals surface area contributed by atoms with Crippen LogP contribution in [0.1, 0.15) is 112 Å². The summed E-state index contributed by atoms with van der Waals surface area (Å²) in [4.78, 5) is 43.5. The lowest BCUT2D eigenvalue weighted by atomic mass is 10.0. The molecule has 6 heteroatoms. The first-order valence-corrected chi connectivity index (χ1v) is 10.4. The molecule has 6 nitrogen and oxygen atoms in total. The van der Waals surface area contributed by atoms with Crippen molar-refractivity contribution >= 4 is 11.9 Å². The maximum atomic E-state index is 11.6. The van der Waals surface area contributed by atoms with E-state index in [4.69, 9.17) is 19.6 Å². The molecule has 0 rings (SSSR count). The highest BCUT2D eigenvalue weighted by atomic mass is 17.2. The Morgan fingerprint density at radius 3 is 1.30 bits per heavy atom. The number of carbonyl (C=O) groups is 2. The van der Waals surface area contributed by atoms with E-state index in [2.05, 4.69) is 13.8 Å². The van der Waals surface area contributed by atoms with Gasteiger partial charge < -0.3 is 0 Å². The third-order valence-corrected chi connectivity index (χ3v) is 4.19. The fourth-order valence-electron chi connectivity index (χ4n) is 2.76. The smallest absolute Gasteiger partial charge is 0.298 e. The highest BCUT2D eigenvalue weighted by molar-refractivity contribution is 5.68. The van der Waals surface area contributed by atoms with Gasteiger partial charge in [0, 0.05) is 12.8 Å². The highest BCUT2D eigenvalue weighted by Crippen LogP contribution is 2.18. The average Bonchev–Trinajstić information content (AvgIpc) is 2.57. The van der Waals surface area contributed by atoms with Crippen molar-refractivity contribution < 1.29 is 29.1 Å². The lowest BCUT2D eigenvalue weighted by molar-refractivity contribution is -0.326. The predicted octanol–water partition coefficient (Wildman–Crippen LogP) is 5.82. The van der Waals surface area contributed by atoms with Gasteiger partial charge in [-0.15, -0.1) is 0 Å². The van der Waals surface area contributed by atoms with E-state index in [1.54, 1.807) is 0 Å². The number of hydrogen-bond acceptors (Lipinski definition) is 6. The summed E-state index contributed by atoms with van der Waals surface area (Å²) in [6.07, 6.45) is 8.64. The molecule has 0 spiro atoms. The summed E-state index contributed by atoms with van der Waals surface area (Å²) in [6.45, 7) is 11.8. The zero-order chi connectivity index (χ0) is 20.8. The second-order valence-electron chi connectivity index (χ2n) is 8.36. The topological polar surface area (TPSA) is 71.1 Å². The lowest BCUT2D eigenvalue weighted by Gasteiger charge is -2.21. The molecule has 0 bridgehead atoms. The summed E-state index contributed by atoms with van der Waals surface area (Å²) in [5, 5.41) is 0. The van der Waals surface area contributed by atoms with Gasteiger partial charge in [0.1, 0.15) is 11.2 Å². The molecule has 0 saturated heterocycles. The monoisotopic (exact) mass is 388 g/mol. The summed E-state index contributed by atoms with van der Waals surface area (Å²) < 4.78 is 0. The van der Waals surface area contributed by atoms with Crippen LogP contribution in [-0.2, 0) is 29.1 Å². The summed E-state index contributed by atoms with van der Waals surface area (Å²) in [5.41, 5.74) is -0.872. The van der Waals surface area contributed by atoms with Crippen LogP contribution in [0.5, 0.6) is 0 Å². The van der Waals surface area contributed by atoms with Gasteiger partial charge in [-0.3, -0.25) is 9.78 Å². The van der Waals surface area contributed by atoms with Gasteiger partial charge in [-0.05, 0) is 53.4 Å². The number of unbranched alkanes of at least 4 members (excludes halogenated alkanes) is 4. The molecule has 0 aromatic rings. The van der Waals surface area contributed by atoms with Gasteiger partial charge in [-0.1, -0.05) is 46.0 Å². The van der Waals surface area contributed by atoms with Crippen LogP contribution in [0.2, 0.25) is 0 Å². The first kappa shape index (κ1) is 25.9. The molecule has 0 aliphatic heterocycles. The molecule has 27 heavy (non-hydrogen) atoms. The Morgan fingerprint density at radius 2 is 0.963 bits per heavy atom. The van der Waals surface area contributed by atoms with E-state index in [9.17, 15) is 9.59 Å². The molecule has 0 aliphatic carbocycles. The molecule has 0 aliphatic rings. The van der Waals surface area contributed by atoms with Crippen LogP contribution in [0.25, 0.3) is 0 Å². The van der Waals surface area contributed by atoms with E-state index in [1.807, 2.05) is 27.7 Å². The molecule has 0 radical (unpaired) electrons. The molecule has 0 atom stereocenters. The van der Waals surface area contributed by atoms with E-state index >= 15 is 0 Å². The molecule has 0 unspecified atom stereocenters. The van der Waals surface area contributed by atoms with E-state index in [-0.39, 0.29) is 11.9 Å². The quantitative estimate of drug-likeness (QED) is 0.188. The van der Waals surface area contributed by atoms with Crippen molar-refractivity contribution in [3.05, 3.63) is 0 Å². The van der Waals surface area contributed by atoms with Crippen molar-refractivity contribution in [2.75, 3.05) is 0 Å². The van der Waals surface area contributed by atoms with Gasteiger partial charge in [-0.2, -0.15) is 9.78 Å². The lowest BCUT2D eigenvalue weighted by Crippen LogP contribution is -2.25. The largest absolute Gasteiger partial charge is 0.342 e. The molecule has 0 fully saturated rings. The van der Waals surface area contributed by atoms with Crippen LogP contribution in [0.15, 0.2) is 0 Å². The number of hydrogen-bond donors (Lipinski definition) is 0. The molecule has 0 aromatic heterocycles. The van der Waals surface area contributed by atoms with E-state index in [1.165, 1.54) is 0 Å². The Hall–Kier alpha value is -1.14. The van der Waals surface area contributed by atoms with Gasteiger partial charge in [0.25, 0.3) is 0 Å². The Morgan fingerprint density at radius 1 is 0.630 bits per heavy atom. The maximum absolute atomic E-state index is 11.6. The summed E-state index contributed by atoms with van der Waals surface area (Å²) in [6, 6.07) is 0.